The van der Waals surface area contributed by atoms with Gasteiger partial charge in [-0.05, 0) is 11.4 Å². The van der Waals surface area contributed by atoms with Gasteiger partial charge in [-0.25, -0.2) is 0 Å². The number of hydrogen-bond acceptors (Lipinski definition) is 2. The maximum atomic E-state index is 10.4. The van der Waals surface area contributed by atoms with E-state index < -0.39 is 0 Å². The van der Waals surface area contributed by atoms with Crippen molar-refractivity contribution in [1.29, 1.82) is 0 Å². The summed E-state index contributed by atoms with van der Waals surface area (Å²) < 4.78 is 0. The molecule has 1 heterocycles. The molecule has 0 N–H and O–H groups in total. The summed E-state index contributed by atoms with van der Waals surface area (Å²) in [4.78, 5) is 11.5. The Hall–Kier alpha value is -0.150. The van der Waals surface area contributed by atoms with E-state index in [1.54, 1.807) is 11.3 Å². The molecule has 1 unspecified atom stereocenters. The van der Waals surface area contributed by atoms with Gasteiger partial charge >= 0.3 is 0 Å². The second kappa shape index (κ2) is 3.88. The normalized spacial score (nSPS) is 12.9. The van der Waals surface area contributed by atoms with Crippen molar-refractivity contribution >= 4 is 33.6 Å². The van der Waals surface area contributed by atoms with Crippen molar-refractivity contribution in [2.45, 2.75) is 5.92 Å². The lowest BCUT2D eigenvalue weighted by atomic mass is 10.2. The third kappa shape index (κ3) is 1.67. The Bertz CT molecular complexity index is 195. The fraction of sp³-hybridized carbons (Fsp3) is 0.286. The number of aldehydes is 1. The highest BCUT2D eigenvalue weighted by molar-refractivity contribution is 9.09. The van der Waals surface area contributed by atoms with E-state index in [2.05, 4.69) is 15.9 Å². The highest BCUT2D eigenvalue weighted by atomic mass is 79.9. The van der Waals surface area contributed by atoms with Gasteiger partial charge in [-0.2, -0.15) is 0 Å². The van der Waals surface area contributed by atoms with E-state index in [0.29, 0.717) is 0 Å². The van der Waals surface area contributed by atoms with Crippen LogP contribution in [0.3, 0.4) is 0 Å². The number of hydrogen-bond donors (Lipinski definition) is 0. The standard InChI is InChI=1S/C7H7BrOS/c8-4-6(5-9)7-2-1-3-10-7/h1-3,5-6H,4H2. The Labute approximate surface area is 72.2 Å². The lowest BCUT2D eigenvalue weighted by Gasteiger charge is -1.99. The molecule has 0 saturated carbocycles. The lowest BCUT2D eigenvalue weighted by Crippen LogP contribution is -1.97. The quantitative estimate of drug-likeness (QED) is 0.563. The SMILES string of the molecule is O=CC(CBr)c1cccs1. The number of thiophene rings is 1. The molecule has 0 fully saturated rings. The molecule has 0 aliphatic rings. The monoisotopic (exact) mass is 218 g/mol. The molecule has 1 nitrogen and oxygen atoms in total. The van der Waals surface area contributed by atoms with Crippen molar-refractivity contribution < 1.29 is 4.79 Å². The zero-order chi connectivity index (χ0) is 7.40. The van der Waals surface area contributed by atoms with Crippen molar-refractivity contribution in [3.8, 4) is 0 Å². The summed E-state index contributed by atoms with van der Waals surface area (Å²) in [5.74, 6) is 0.0417. The molecule has 0 bridgehead atoms. The summed E-state index contributed by atoms with van der Waals surface area (Å²) in [6.45, 7) is 0. The summed E-state index contributed by atoms with van der Waals surface area (Å²) >= 11 is 4.89. The van der Waals surface area contributed by atoms with Crippen LogP contribution >= 0.6 is 27.3 Å². The third-order valence-electron chi connectivity index (χ3n) is 1.24. The zero-order valence-electron chi connectivity index (χ0n) is 5.29. The molecule has 54 valence electrons. The van der Waals surface area contributed by atoms with Gasteiger partial charge in [0.05, 0.1) is 5.92 Å². The highest BCUT2D eigenvalue weighted by Gasteiger charge is 2.07. The average Bonchev–Trinajstić information content (AvgIpc) is 2.43. The van der Waals surface area contributed by atoms with Crippen LogP contribution < -0.4 is 0 Å². The van der Waals surface area contributed by atoms with E-state index in [4.69, 9.17) is 0 Å². The van der Waals surface area contributed by atoms with Gasteiger partial charge in [0, 0.05) is 10.2 Å². The van der Waals surface area contributed by atoms with Gasteiger partial charge in [-0.1, -0.05) is 22.0 Å². The van der Waals surface area contributed by atoms with Crippen molar-refractivity contribution in [1.82, 2.24) is 0 Å². The van der Waals surface area contributed by atoms with Crippen molar-refractivity contribution in [2.24, 2.45) is 0 Å². The number of rotatable bonds is 3. The Kier molecular flexibility index (Phi) is 3.09. The number of carbonyl (C=O) groups excluding carboxylic acids is 1. The molecule has 0 radical (unpaired) electrons. The lowest BCUT2D eigenvalue weighted by molar-refractivity contribution is -0.108. The minimum atomic E-state index is 0.0417. The van der Waals surface area contributed by atoms with E-state index in [1.165, 1.54) is 0 Å². The first kappa shape index (κ1) is 7.95. The van der Waals surface area contributed by atoms with Gasteiger partial charge < -0.3 is 4.79 Å². The molecule has 3 heteroatoms. The summed E-state index contributed by atoms with van der Waals surface area (Å²) in [5.41, 5.74) is 0. The van der Waals surface area contributed by atoms with Crippen LogP contribution in [-0.4, -0.2) is 11.6 Å². The minimum absolute atomic E-state index is 0.0417. The van der Waals surface area contributed by atoms with Crippen LogP contribution in [0.5, 0.6) is 0 Å². The molecule has 0 aromatic carbocycles. The second-order valence-corrected chi connectivity index (χ2v) is 3.54. The summed E-state index contributed by atoms with van der Waals surface area (Å²) in [6, 6.07) is 3.93. The van der Waals surface area contributed by atoms with Crippen LogP contribution in [0.25, 0.3) is 0 Å². The van der Waals surface area contributed by atoms with Gasteiger partial charge in [0.25, 0.3) is 0 Å². The van der Waals surface area contributed by atoms with E-state index >= 15 is 0 Å². The van der Waals surface area contributed by atoms with Gasteiger partial charge in [0.1, 0.15) is 6.29 Å². The first-order valence-electron chi connectivity index (χ1n) is 2.93. The topological polar surface area (TPSA) is 17.1 Å². The Morgan fingerprint density at radius 3 is 3.00 bits per heavy atom. The van der Waals surface area contributed by atoms with Gasteiger partial charge in [0.15, 0.2) is 0 Å². The minimum Gasteiger partial charge on any atom is -0.303 e. The van der Waals surface area contributed by atoms with E-state index in [-0.39, 0.29) is 5.92 Å². The summed E-state index contributed by atoms with van der Waals surface area (Å²) in [5, 5.41) is 2.70. The Morgan fingerprint density at radius 2 is 2.60 bits per heavy atom. The fourth-order valence-corrected chi connectivity index (χ4v) is 2.18. The molecule has 0 spiro atoms. The molecular weight excluding hydrogens is 212 g/mol. The molecule has 10 heavy (non-hydrogen) atoms. The maximum absolute atomic E-state index is 10.4. The van der Waals surface area contributed by atoms with Gasteiger partial charge in [-0.15, -0.1) is 11.3 Å². The van der Waals surface area contributed by atoms with Gasteiger partial charge in [0.2, 0.25) is 0 Å². The number of halogens is 1. The molecule has 1 aromatic heterocycles. The molecule has 0 aliphatic carbocycles. The highest BCUT2D eigenvalue weighted by Crippen LogP contribution is 2.20. The van der Waals surface area contributed by atoms with Crippen molar-refractivity contribution in [3.63, 3.8) is 0 Å². The van der Waals surface area contributed by atoms with E-state index in [9.17, 15) is 4.79 Å². The summed E-state index contributed by atoms with van der Waals surface area (Å²) in [7, 11) is 0. The molecule has 0 saturated heterocycles. The van der Waals surface area contributed by atoms with Gasteiger partial charge in [-0.3, -0.25) is 0 Å². The van der Waals surface area contributed by atoms with E-state index in [1.807, 2.05) is 17.5 Å². The first-order valence-corrected chi connectivity index (χ1v) is 4.93. The van der Waals surface area contributed by atoms with Crippen LogP contribution in [0.15, 0.2) is 17.5 Å². The van der Waals surface area contributed by atoms with Crippen LogP contribution in [0.1, 0.15) is 10.8 Å². The zero-order valence-corrected chi connectivity index (χ0v) is 7.69. The molecular formula is C7H7BrOS. The second-order valence-electron chi connectivity index (χ2n) is 1.91. The van der Waals surface area contributed by atoms with Crippen molar-refractivity contribution in [2.75, 3.05) is 5.33 Å². The Balaban J connectivity index is 2.73. The first-order chi connectivity index (χ1) is 4.88. The van der Waals surface area contributed by atoms with Crippen LogP contribution in [-0.2, 0) is 4.79 Å². The largest absolute Gasteiger partial charge is 0.303 e. The third-order valence-corrected chi connectivity index (χ3v) is 2.94. The molecule has 0 aliphatic heterocycles. The number of alkyl halides is 1. The predicted molar refractivity (Wildman–Crippen MR) is 46.9 cm³/mol. The average molecular weight is 219 g/mol. The van der Waals surface area contributed by atoms with Crippen LogP contribution in [0.2, 0.25) is 0 Å². The number of carbonyl (C=O) groups is 1. The van der Waals surface area contributed by atoms with Crippen molar-refractivity contribution in [3.05, 3.63) is 22.4 Å². The smallest absolute Gasteiger partial charge is 0.129 e. The summed E-state index contributed by atoms with van der Waals surface area (Å²) in [6.07, 6.45) is 0.973. The predicted octanol–water partition coefficient (Wildman–Crippen LogP) is 2.43. The van der Waals surface area contributed by atoms with E-state index in [0.717, 1.165) is 16.5 Å². The Morgan fingerprint density at radius 1 is 1.80 bits per heavy atom. The maximum Gasteiger partial charge on any atom is 0.129 e. The molecule has 1 rings (SSSR count). The molecule has 1 atom stereocenters. The molecule has 1 aromatic rings. The van der Waals surface area contributed by atoms with Crippen LogP contribution in [0.4, 0.5) is 0 Å². The van der Waals surface area contributed by atoms with Crippen LogP contribution in [0, 0.1) is 0 Å². The molecule has 0 amide bonds. The fourth-order valence-electron chi connectivity index (χ4n) is 0.682.